The van der Waals surface area contributed by atoms with E-state index in [9.17, 15) is 0 Å². The molecule has 0 aliphatic heterocycles. The highest BCUT2D eigenvalue weighted by Crippen LogP contribution is 2.39. The molecule has 0 aliphatic carbocycles. The molecule has 0 N–H and O–H groups in total. The first-order valence-corrected chi connectivity index (χ1v) is 19.9. The molecule has 0 saturated heterocycles. The lowest BCUT2D eigenvalue weighted by Gasteiger charge is -2.17. The maximum atomic E-state index is 5.31. The zero-order valence-electron chi connectivity index (χ0n) is 32.1. The highest BCUT2D eigenvalue weighted by molar-refractivity contribution is 6.10. The first kappa shape index (κ1) is 34.3. The van der Waals surface area contributed by atoms with Gasteiger partial charge in [0.1, 0.15) is 0 Å². The van der Waals surface area contributed by atoms with Crippen molar-refractivity contribution in [2.75, 3.05) is 0 Å². The highest BCUT2D eigenvalue weighted by atomic mass is 15.1. The van der Waals surface area contributed by atoms with E-state index in [0.717, 1.165) is 66.8 Å². The van der Waals surface area contributed by atoms with Crippen LogP contribution in [0, 0.1) is 0 Å². The molecule has 0 fully saturated rings. The minimum Gasteiger partial charge on any atom is -0.308 e. The average molecular weight is 753 g/mol. The minimum absolute atomic E-state index is 0.603. The van der Waals surface area contributed by atoms with Crippen LogP contribution in [0.3, 0.4) is 0 Å². The van der Waals surface area contributed by atoms with Crippen molar-refractivity contribution >= 4 is 32.6 Å². The fourth-order valence-corrected chi connectivity index (χ4v) is 8.28. The van der Waals surface area contributed by atoms with Crippen LogP contribution in [0.5, 0.6) is 0 Å². The third-order valence-electron chi connectivity index (χ3n) is 11.3. The smallest absolute Gasteiger partial charge is 0.166 e. The summed E-state index contributed by atoms with van der Waals surface area (Å²) in [7, 11) is 0. The van der Waals surface area contributed by atoms with Crippen LogP contribution in [-0.4, -0.2) is 19.5 Å². The van der Waals surface area contributed by atoms with Crippen LogP contribution in [0.2, 0.25) is 0 Å². The van der Waals surface area contributed by atoms with Crippen LogP contribution >= 0.6 is 0 Å². The van der Waals surface area contributed by atoms with E-state index in [1.807, 2.05) is 12.1 Å². The molecule has 0 radical (unpaired) electrons. The van der Waals surface area contributed by atoms with Gasteiger partial charge in [0.2, 0.25) is 0 Å². The summed E-state index contributed by atoms with van der Waals surface area (Å²) in [5.74, 6) is 1.83. The second-order valence-electron chi connectivity index (χ2n) is 14.9. The number of benzene rings is 9. The average Bonchev–Trinajstić information content (AvgIpc) is 3.66. The molecule has 0 aliphatic rings. The second-order valence-corrected chi connectivity index (χ2v) is 14.9. The van der Waals surface area contributed by atoms with Crippen LogP contribution < -0.4 is 0 Å². The molecule has 0 bridgehead atoms. The van der Waals surface area contributed by atoms with Crippen molar-refractivity contribution in [3.63, 3.8) is 0 Å². The van der Waals surface area contributed by atoms with Gasteiger partial charge in [-0.3, -0.25) is 0 Å². The molecule has 2 heterocycles. The quantitative estimate of drug-likeness (QED) is 0.163. The van der Waals surface area contributed by atoms with Gasteiger partial charge in [-0.15, -0.1) is 0 Å². The Morgan fingerprint density at radius 2 is 0.678 bits per heavy atom. The number of nitrogens with zero attached hydrogens (tertiary/aromatic N) is 4. The first-order chi connectivity index (χ1) is 29.2. The predicted octanol–water partition coefficient (Wildman–Crippen LogP) is 14.1. The van der Waals surface area contributed by atoms with Crippen molar-refractivity contribution in [1.29, 1.82) is 0 Å². The summed E-state index contributed by atoms with van der Waals surface area (Å²) in [5, 5.41) is 4.81. The lowest BCUT2D eigenvalue weighted by atomic mass is 9.98. The molecule has 4 nitrogen and oxygen atoms in total. The van der Waals surface area contributed by atoms with Crippen molar-refractivity contribution in [3.8, 4) is 73.2 Å². The van der Waals surface area contributed by atoms with E-state index in [1.165, 1.54) is 21.5 Å². The van der Waals surface area contributed by atoms with E-state index in [1.54, 1.807) is 0 Å². The van der Waals surface area contributed by atoms with Gasteiger partial charge in [-0.25, -0.2) is 15.0 Å². The van der Waals surface area contributed by atoms with E-state index in [0.29, 0.717) is 17.5 Å². The lowest BCUT2D eigenvalue weighted by molar-refractivity contribution is 1.06. The molecule has 11 aromatic rings. The van der Waals surface area contributed by atoms with E-state index >= 15 is 0 Å². The Bertz CT molecular complexity index is 3140. The van der Waals surface area contributed by atoms with Crippen molar-refractivity contribution in [2.24, 2.45) is 0 Å². The summed E-state index contributed by atoms with van der Waals surface area (Å²) in [6, 6.07) is 77.0. The highest BCUT2D eigenvalue weighted by Gasteiger charge is 2.20. The van der Waals surface area contributed by atoms with Crippen LogP contribution in [0.1, 0.15) is 0 Å². The molecule has 11 rings (SSSR count). The van der Waals surface area contributed by atoms with Gasteiger partial charge < -0.3 is 4.57 Å². The van der Waals surface area contributed by atoms with Gasteiger partial charge in [-0.1, -0.05) is 188 Å². The summed E-state index contributed by atoms with van der Waals surface area (Å²) >= 11 is 0. The van der Waals surface area contributed by atoms with Crippen LogP contribution in [0.15, 0.2) is 218 Å². The van der Waals surface area contributed by atoms with Crippen LogP contribution in [0.4, 0.5) is 0 Å². The maximum absolute atomic E-state index is 5.31. The molecule has 0 spiro atoms. The molecule has 59 heavy (non-hydrogen) atoms. The van der Waals surface area contributed by atoms with Crippen LogP contribution in [0.25, 0.3) is 106 Å². The van der Waals surface area contributed by atoms with Gasteiger partial charge in [0.15, 0.2) is 17.5 Å². The van der Waals surface area contributed by atoms with Crippen molar-refractivity contribution in [3.05, 3.63) is 218 Å². The molecule has 0 amide bonds. The van der Waals surface area contributed by atoms with E-state index in [2.05, 4.69) is 211 Å². The predicted molar refractivity (Wildman–Crippen MR) is 244 cm³/mol. The topological polar surface area (TPSA) is 43.6 Å². The number of aromatic nitrogens is 4. The van der Waals surface area contributed by atoms with E-state index in [-0.39, 0.29) is 0 Å². The zero-order valence-corrected chi connectivity index (χ0v) is 32.1. The summed E-state index contributed by atoms with van der Waals surface area (Å²) < 4.78 is 2.37. The molecule has 276 valence electrons. The second kappa shape index (κ2) is 14.5. The summed E-state index contributed by atoms with van der Waals surface area (Å²) in [5.41, 5.74) is 12.8. The fourth-order valence-electron chi connectivity index (χ4n) is 8.28. The molecular weight excluding hydrogens is 717 g/mol. The van der Waals surface area contributed by atoms with Crippen molar-refractivity contribution in [2.45, 2.75) is 0 Å². The number of rotatable bonds is 7. The van der Waals surface area contributed by atoms with Gasteiger partial charge in [0, 0.05) is 27.5 Å². The van der Waals surface area contributed by atoms with Gasteiger partial charge in [-0.05, 0) is 74.5 Å². The minimum atomic E-state index is 0.603. The van der Waals surface area contributed by atoms with Crippen molar-refractivity contribution in [1.82, 2.24) is 19.5 Å². The number of fused-ring (bicyclic) bond motifs is 4. The van der Waals surface area contributed by atoms with E-state index in [4.69, 9.17) is 15.0 Å². The Labute approximate surface area is 342 Å². The Morgan fingerprint density at radius 1 is 0.271 bits per heavy atom. The Kier molecular flexibility index (Phi) is 8.45. The number of para-hydroxylation sites is 2. The first-order valence-electron chi connectivity index (χ1n) is 19.9. The van der Waals surface area contributed by atoms with Crippen LogP contribution in [-0.2, 0) is 0 Å². The van der Waals surface area contributed by atoms with E-state index < -0.39 is 0 Å². The summed E-state index contributed by atoms with van der Waals surface area (Å²) in [6.07, 6.45) is 0. The largest absolute Gasteiger partial charge is 0.308 e. The van der Waals surface area contributed by atoms with Gasteiger partial charge >= 0.3 is 0 Å². The van der Waals surface area contributed by atoms with Crippen molar-refractivity contribution < 1.29 is 0 Å². The third kappa shape index (κ3) is 6.34. The standard InChI is InChI=1S/C55H36N4/c1-3-13-37(14-4-1)40-23-28-42(29-24-40)53-56-54(43-30-25-41(26-31-43)38-15-5-2-6-16-38)58-55(57-53)49-34-33-46(45-32-27-39-17-7-8-18-44(39)35-45)36-52(49)59-50-21-11-9-19-47(50)48-20-10-12-22-51(48)59/h1-36H. The molecule has 0 unspecified atom stereocenters. The SMILES string of the molecule is c1ccc(-c2ccc(-c3nc(-c4ccc(-c5ccccc5)cc4)nc(-c4ccc(-c5ccc6ccccc6c5)cc4-n4c5ccccc5c5ccccc54)n3)cc2)cc1. The Hall–Kier alpha value is -7.95. The fraction of sp³-hybridized carbons (Fsp3) is 0. The normalized spacial score (nSPS) is 11.4. The molecular formula is C55H36N4. The molecule has 4 heteroatoms. The number of hydrogen-bond acceptors (Lipinski definition) is 3. The molecule has 2 aromatic heterocycles. The monoisotopic (exact) mass is 752 g/mol. The van der Waals surface area contributed by atoms with Gasteiger partial charge in [0.05, 0.1) is 16.7 Å². The molecule has 9 aromatic carbocycles. The Morgan fingerprint density at radius 3 is 1.25 bits per heavy atom. The lowest BCUT2D eigenvalue weighted by Crippen LogP contribution is -2.04. The summed E-state index contributed by atoms with van der Waals surface area (Å²) in [6.45, 7) is 0. The zero-order chi connectivity index (χ0) is 39.1. The third-order valence-corrected chi connectivity index (χ3v) is 11.3. The summed E-state index contributed by atoms with van der Waals surface area (Å²) in [4.78, 5) is 15.8. The molecule has 0 saturated carbocycles. The number of hydrogen-bond donors (Lipinski definition) is 0. The van der Waals surface area contributed by atoms with Gasteiger partial charge in [0.25, 0.3) is 0 Å². The maximum Gasteiger partial charge on any atom is 0.166 e. The van der Waals surface area contributed by atoms with Gasteiger partial charge in [-0.2, -0.15) is 0 Å². The molecule has 0 atom stereocenters. The Balaban J connectivity index is 1.14.